The summed E-state index contributed by atoms with van der Waals surface area (Å²) in [7, 11) is 3.51. The topological polar surface area (TPSA) is 75.4 Å². The van der Waals surface area contributed by atoms with E-state index in [1.807, 2.05) is 11.8 Å². The van der Waals surface area contributed by atoms with Crippen molar-refractivity contribution in [3.63, 3.8) is 0 Å². The predicted octanol–water partition coefficient (Wildman–Crippen LogP) is 0.975. The Morgan fingerprint density at radius 3 is 2.19 bits per heavy atom. The van der Waals surface area contributed by atoms with Crippen LogP contribution in [0, 0.1) is 0 Å². The van der Waals surface area contributed by atoms with E-state index >= 15 is 0 Å². The molecule has 1 rings (SSSR count). The summed E-state index contributed by atoms with van der Waals surface area (Å²) in [6.07, 6.45) is 1.71. The van der Waals surface area contributed by atoms with Crippen molar-refractivity contribution >= 4 is 11.7 Å². The fraction of sp³-hybridized carbons (Fsp3) is 0.667. The van der Waals surface area contributed by atoms with Crippen molar-refractivity contribution in [1.82, 2.24) is 15.1 Å². The number of nitrogens with two attached hydrogens (primary N) is 1. The molecule has 1 aromatic heterocycles. The Kier molecular flexibility index (Phi) is 6.55. The van der Waals surface area contributed by atoms with Crippen molar-refractivity contribution in [3.8, 4) is 0 Å². The molecule has 118 valence electrons. The molecule has 1 heterocycles. The molecule has 6 nitrogen and oxygen atoms in total. The number of carbonyl (C=O) groups is 1. The highest BCUT2D eigenvalue weighted by atomic mass is 16.2. The molecule has 0 bridgehead atoms. The highest BCUT2D eigenvalue weighted by Gasteiger charge is 2.20. The summed E-state index contributed by atoms with van der Waals surface area (Å²) in [6.45, 7) is 7.56. The van der Waals surface area contributed by atoms with Gasteiger partial charge in [0.1, 0.15) is 0 Å². The SMILES string of the molecule is CCc1nnc(N(CC)CC(=O)N(C)C)c(CN)c1CC. The second-order valence-electron chi connectivity index (χ2n) is 5.14. The number of anilines is 1. The number of carbonyl (C=O) groups excluding carboxylic acids is 1. The molecular formula is C15H27N5O. The van der Waals surface area contributed by atoms with Gasteiger partial charge in [0.2, 0.25) is 5.91 Å². The van der Waals surface area contributed by atoms with E-state index in [1.54, 1.807) is 19.0 Å². The van der Waals surface area contributed by atoms with Crippen LogP contribution in [-0.2, 0) is 24.2 Å². The van der Waals surface area contributed by atoms with Crippen molar-refractivity contribution in [2.75, 3.05) is 32.1 Å². The summed E-state index contributed by atoms with van der Waals surface area (Å²) in [4.78, 5) is 15.5. The van der Waals surface area contributed by atoms with Crippen LogP contribution in [0.15, 0.2) is 0 Å². The average molecular weight is 293 g/mol. The summed E-state index contributed by atoms with van der Waals surface area (Å²) >= 11 is 0. The molecule has 0 fully saturated rings. The fourth-order valence-corrected chi connectivity index (χ4v) is 2.35. The number of hydrogen-bond donors (Lipinski definition) is 1. The maximum absolute atomic E-state index is 12.0. The van der Waals surface area contributed by atoms with Crippen LogP contribution in [0.3, 0.4) is 0 Å². The van der Waals surface area contributed by atoms with Gasteiger partial charge in [0.15, 0.2) is 5.82 Å². The van der Waals surface area contributed by atoms with Gasteiger partial charge in [0, 0.05) is 32.7 Å². The minimum Gasteiger partial charge on any atom is -0.347 e. The number of aryl methyl sites for hydroxylation is 1. The van der Waals surface area contributed by atoms with E-state index in [0.29, 0.717) is 19.6 Å². The van der Waals surface area contributed by atoms with Gasteiger partial charge in [-0.2, -0.15) is 5.10 Å². The molecule has 0 aliphatic heterocycles. The standard InChI is InChI=1S/C15H27N5O/c1-6-11-12(9-16)15(18-17-13(11)7-2)20(8-3)10-14(21)19(4)5/h6-10,16H2,1-5H3. The Labute approximate surface area is 127 Å². The van der Waals surface area contributed by atoms with Crippen LogP contribution in [0.4, 0.5) is 5.82 Å². The predicted molar refractivity (Wildman–Crippen MR) is 85.3 cm³/mol. The first-order valence-electron chi connectivity index (χ1n) is 7.52. The summed E-state index contributed by atoms with van der Waals surface area (Å²) in [6, 6.07) is 0. The smallest absolute Gasteiger partial charge is 0.241 e. The lowest BCUT2D eigenvalue weighted by atomic mass is 10.0. The number of nitrogens with zero attached hydrogens (tertiary/aromatic N) is 4. The molecule has 0 saturated carbocycles. The van der Waals surface area contributed by atoms with Crippen molar-refractivity contribution < 1.29 is 4.79 Å². The molecule has 0 aliphatic carbocycles. The lowest BCUT2D eigenvalue weighted by Crippen LogP contribution is -2.38. The summed E-state index contributed by atoms with van der Waals surface area (Å²) < 4.78 is 0. The third-order valence-corrected chi connectivity index (χ3v) is 3.65. The Morgan fingerprint density at radius 1 is 1.10 bits per heavy atom. The van der Waals surface area contributed by atoms with E-state index in [-0.39, 0.29) is 5.91 Å². The van der Waals surface area contributed by atoms with E-state index in [9.17, 15) is 4.79 Å². The Morgan fingerprint density at radius 2 is 1.76 bits per heavy atom. The molecule has 1 amide bonds. The van der Waals surface area contributed by atoms with Gasteiger partial charge in [0.05, 0.1) is 12.2 Å². The first-order chi connectivity index (χ1) is 9.99. The van der Waals surface area contributed by atoms with E-state index in [1.165, 1.54) is 5.56 Å². The van der Waals surface area contributed by atoms with E-state index in [0.717, 1.165) is 29.9 Å². The largest absolute Gasteiger partial charge is 0.347 e. The normalized spacial score (nSPS) is 10.6. The van der Waals surface area contributed by atoms with Crippen LogP contribution in [-0.4, -0.2) is 48.2 Å². The molecular weight excluding hydrogens is 266 g/mol. The van der Waals surface area contributed by atoms with Gasteiger partial charge < -0.3 is 15.5 Å². The first-order valence-corrected chi connectivity index (χ1v) is 7.52. The molecule has 0 radical (unpaired) electrons. The third-order valence-electron chi connectivity index (χ3n) is 3.65. The van der Waals surface area contributed by atoms with Crippen LogP contribution in [0.5, 0.6) is 0 Å². The molecule has 1 aromatic rings. The van der Waals surface area contributed by atoms with E-state index < -0.39 is 0 Å². The number of aromatic nitrogens is 2. The molecule has 2 N–H and O–H groups in total. The summed E-state index contributed by atoms with van der Waals surface area (Å²) in [5, 5.41) is 8.66. The maximum atomic E-state index is 12.0. The number of rotatable bonds is 7. The second kappa shape index (κ2) is 7.93. The lowest BCUT2D eigenvalue weighted by molar-refractivity contribution is -0.127. The molecule has 0 spiro atoms. The van der Waals surface area contributed by atoms with Gasteiger partial charge in [-0.3, -0.25) is 4.79 Å². The molecule has 0 unspecified atom stereocenters. The van der Waals surface area contributed by atoms with Gasteiger partial charge in [-0.1, -0.05) is 13.8 Å². The minimum atomic E-state index is 0.0410. The van der Waals surface area contributed by atoms with Gasteiger partial charge in [-0.05, 0) is 25.3 Å². The molecule has 0 aromatic carbocycles. The zero-order valence-electron chi connectivity index (χ0n) is 13.8. The number of likely N-dealkylation sites (N-methyl/N-ethyl adjacent to an activating group) is 2. The lowest BCUT2D eigenvalue weighted by Gasteiger charge is -2.26. The minimum absolute atomic E-state index is 0.0410. The van der Waals surface area contributed by atoms with Crippen LogP contribution in [0.1, 0.15) is 37.6 Å². The van der Waals surface area contributed by atoms with Crippen molar-refractivity contribution in [2.45, 2.75) is 40.2 Å². The molecule has 0 atom stereocenters. The molecule has 0 saturated heterocycles. The Hall–Kier alpha value is -1.69. The summed E-state index contributed by atoms with van der Waals surface area (Å²) in [5.74, 6) is 0.781. The fourth-order valence-electron chi connectivity index (χ4n) is 2.35. The highest BCUT2D eigenvalue weighted by molar-refractivity contribution is 5.81. The van der Waals surface area contributed by atoms with Crippen molar-refractivity contribution in [2.24, 2.45) is 5.73 Å². The third kappa shape index (κ3) is 3.91. The van der Waals surface area contributed by atoms with Crippen LogP contribution >= 0.6 is 0 Å². The number of hydrogen-bond acceptors (Lipinski definition) is 5. The zero-order valence-corrected chi connectivity index (χ0v) is 13.8. The van der Waals surface area contributed by atoms with E-state index in [4.69, 9.17) is 5.73 Å². The van der Waals surface area contributed by atoms with Gasteiger partial charge in [-0.15, -0.1) is 5.10 Å². The zero-order chi connectivity index (χ0) is 16.0. The van der Waals surface area contributed by atoms with Crippen LogP contribution in [0.2, 0.25) is 0 Å². The van der Waals surface area contributed by atoms with Crippen molar-refractivity contribution in [3.05, 3.63) is 16.8 Å². The van der Waals surface area contributed by atoms with E-state index in [2.05, 4.69) is 24.0 Å². The first kappa shape index (κ1) is 17.4. The molecule has 0 aliphatic rings. The second-order valence-corrected chi connectivity index (χ2v) is 5.14. The average Bonchev–Trinajstić information content (AvgIpc) is 2.50. The Bertz CT molecular complexity index is 487. The van der Waals surface area contributed by atoms with Crippen LogP contribution in [0.25, 0.3) is 0 Å². The van der Waals surface area contributed by atoms with Crippen LogP contribution < -0.4 is 10.6 Å². The van der Waals surface area contributed by atoms with Gasteiger partial charge >= 0.3 is 0 Å². The molecule has 21 heavy (non-hydrogen) atoms. The summed E-state index contributed by atoms with van der Waals surface area (Å²) in [5.41, 5.74) is 9.12. The molecule has 6 heteroatoms. The number of amides is 1. The maximum Gasteiger partial charge on any atom is 0.241 e. The Balaban J connectivity index is 3.23. The van der Waals surface area contributed by atoms with Crippen molar-refractivity contribution in [1.29, 1.82) is 0 Å². The monoisotopic (exact) mass is 293 g/mol. The highest BCUT2D eigenvalue weighted by Crippen LogP contribution is 2.23. The van der Waals surface area contributed by atoms with Gasteiger partial charge in [0.25, 0.3) is 0 Å². The quantitative estimate of drug-likeness (QED) is 0.811. The van der Waals surface area contributed by atoms with Gasteiger partial charge in [-0.25, -0.2) is 0 Å².